The molecule has 1 amide bonds. The maximum atomic E-state index is 12.5. The first kappa shape index (κ1) is 18.2. The zero-order valence-corrected chi connectivity index (χ0v) is 14.6. The molecule has 1 aliphatic rings. The average molecular weight is 360 g/mol. The van der Waals surface area contributed by atoms with Crippen molar-refractivity contribution in [3.05, 3.63) is 23.2 Å². The minimum absolute atomic E-state index is 0.0145. The van der Waals surface area contributed by atoms with Gasteiger partial charge >= 0.3 is 0 Å². The van der Waals surface area contributed by atoms with Crippen molar-refractivity contribution >= 4 is 33.2 Å². The lowest BCUT2D eigenvalue weighted by Crippen LogP contribution is -2.36. The fourth-order valence-corrected chi connectivity index (χ4v) is 4.18. The molecular formula is C15H22ClN3O3S. The van der Waals surface area contributed by atoms with E-state index in [1.54, 1.807) is 6.07 Å². The number of hydrogen-bond donors (Lipinski definition) is 3. The predicted molar refractivity (Wildman–Crippen MR) is 91.2 cm³/mol. The summed E-state index contributed by atoms with van der Waals surface area (Å²) in [5, 5.41) is 5.94. The molecule has 3 N–H and O–H groups in total. The lowest BCUT2D eigenvalue weighted by atomic mass is 10.2. The Kier molecular flexibility index (Phi) is 6.41. The number of anilines is 1. The normalized spacial score (nSPS) is 18.1. The SMILES string of the molecule is CCCCC(=O)Nc1ccc(Cl)c(S(=O)(=O)N[C@@H]2CCNC2)c1. The Morgan fingerprint density at radius 3 is 2.87 bits per heavy atom. The summed E-state index contributed by atoms with van der Waals surface area (Å²) in [5.41, 5.74) is 0.431. The average Bonchev–Trinajstić information content (AvgIpc) is 2.99. The smallest absolute Gasteiger partial charge is 0.242 e. The summed E-state index contributed by atoms with van der Waals surface area (Å²) in [6.07, 6.45) is 2.87. The molecule has 0 aliphatic carbocycles. The molecule has 1 heterocycles. The number of amides is 1. The number of nitrogens with one attached hydrogen (secondary N) is 3. The number of rotatable bonds is 7. The lowest BCUT2D eigenvalue weighted by Gasteiger charge is -2.14. The van der Waals surface area contributed by atoms with Crippen molar-refractivity contribution in [2.45, 2.75) is 43.5 Å². The fraction of sp³-hybridized carbons (Fsp3) is 0.533. The van der Waals surface area contributed by atoms with E-state index in [1.807, 2.05) is 6.92 Å². The van der Waals surface area contributed by atoms with Gasteiger partial charge in [0.15, 0.2) is 0 Å². The molecule has 1 fully saturated rings. The fourth-order valence-electron chi connectivity index (χ4n) is 2.39. The molecule has 0 saturated carbocycles. The van der Waals surface area contributed by atoms with Crippen LogP contribution in [0.25, 0.3) is 0 Å². The Hall–Kier alpha value is -1.15. The third-order valence-electron chi connectivity index (χ3n) is 3.64. The molecule has 1 aliphatic heterocycles. The second-order valence-electron chi connectivity index (χ2n) is 5.61. The molecule has 0 unspecified atom stereocenters. The Morgan fingerprint density at radius 2 is 2.22 bits per heavy atom. The predicted octanol–water partition coefficient (Wildman–Crippen LogP) is 2.11. The first-order valence-corrected chi connectivity index (χ1v) is 9.61. The van der Waals surface area contributed by atoms with Crippen molar-refractivity contribution in [2.24, 2.45) is 0 Å². The van der Waals surface area contributed by atoms with Crippen molar-refractivity contribution in [2.75, 3.05) is 18.4 Å². The van der Waals surface area contributed by atoms with Crippen LogP contribution in [-0.2, 0) is 14.8 Å². The quantitative estimate of drug-likeness (QED) is 0.695. The molecule has 0 spiro atoms. The molecular weight excluding hydrogens is 338 g/mol. The van der Waals surface area contributed by atoms with E-state index in [1.165, 1.54) is 12.1 Å². The standard InChI is InChI=1S/C15H22ClN3O3S/c1-2-3-4-15(20)18-11-5-6-13(16)14(9-11)23(21,22)19-12-7-8-17-10-12/h5-6,9,12,17,19H,2-4,7-8,10H2,1H3,(H,18,20)/t12-/m1/s1. The number of halogens is 1. The van der Waals surface area contributed by atoms with E-state index in [0.717, 1.165) is 25.8 Å². The van der Waals surface area contributed by atoms with Gasteiger partial charge in [0, 0.05) is 24.7 Å². The van der Waals surface area contributed by atoms with Crippen LogP contribution in [0.15, 0.2) is 23.1 Å². The van der Waals surface area contributed by atoms with Crippen LogP contribution >= 0.6 is 11.6 Å². The number of carbonyl (C=O) groups is 1. The van der Waals surface area contributed by atoms with Crippen molar-refractivity contribution in [1.29, 1.82) is 0 Å². The molecule has 128 valence electrons. The molecule has 0 radical (unpaired) electrons. The Bertz CT molecular complexity index is 658. The molecule has 0 aromatic heterocycles. The molecule has 0 bridgehead atoms. The molecule has 1 atom stereocenters. The molecule has 1 aromatic rings. The number of sulfonamides is 1. The largest absolute Gasteiger partial charge is 0.326 e. The second kappa shape index (κ2) is 8.10. The van der Waals surface area contributed by atoms with Crippen LogP contribution in [0, 0.1) is 0 Å². The van der Waals surface area contributed by atoms with E-state index in [0.29, 0.717) is 18.7 Å². The van der Waals surface area contributed by atoms with Crippen LogP contribution in [0.4, 0.5) is 5.69 Å². The minimum atomic E-state index is -3.72. The maximum Gasteiger partial charge on any atom is 0.242 e. The zero-order valence-electron chi connectivity index (χ0n) is 13.1. The summed E-state index contributed by atoms with van der Waals surface area (Å²) in [4.78, 5) is 11.8. The molecule has 1 aromatic carbocycles. The van der Waals surface area contributed by atoms with Gasteiger partial charge in [-0.15, -0.1) is 0 Å². The van der Waals surface area contributed by atoms with Crippen molar-refractivity contribution in [3.63, 3.8) is 0 Å². The number of unbranched alkanes of at least 4 members (excludes halogenated alkanes) is 1. The van der Waals surface area contributed by atoms with E-state index < -0.39 is 10.0 Å². The Labute approximate surface area is 142 Å². The van der Waals surface area contributed by atoms with Crippen molar-refractivity contribution in [1.82, 2.24) is 10.0 Å². The van der Waals surface area contributed by atoms with Gasteiger partial charge in [-0.25, -0.2) is 13.1 Å². The first-order valence-electron chi connectivity index (χ1n) is 7.75. The van der Waals surface area contributed by atoms with Gasteiger partial charge < -0.3 is 10.6 Å². The van der Waals surface area contributed by atoms with Crippen LogP contribution in [-0.4, -0.2) is 33.5 Å². The van der Waals surface area contributed by atoms with Gasteiger partial charge in [0.05, 0.1) is 5.02 Å². The highest BCUT2D eigenvalue weighted by molar-refractivity contribution is 7.89. The van der Waals surface area contributed by atoms with E-state index in [4.69, 9.17) is 11.6 Å². The highest BCUT2D eigenvalue weighted by atomic mass is 35.5. The number of benzene rings is 1. The Balaban J connectivity index is 2.14. The Morgan fingerprint density at radius 1 is 1.43 bits per heavy atom. The minimum Gasteiger partial charge on any atom is -0.326 e. The van der Waals surface area contributed by atoms with Gasteiger partial charge in [-0.05, 0) is 37.6 Å². The third-order valence-corrected chi connectivity index (χ3v) is 5.65. The van der Waals surface area contributed by atoms with Gasteiger partial charge in [0.2, 0.25) is 15.9 Å². The summed E-state index contributed by atoms with van der Waals surface area (Å²) < 4.78 is 27.6. The molecule has 2 rings (SSSR count). The molecule has 23 heavy (non-hydrogen) atoms. The van der Waals surface area contributed by atoms with Gasteiger partial charge in [-0.3, -0.25) is 4.79 Å². The van der Waals surface area contributed by atoms with Crippen LogP contribution in [0.5, 0.6) is 0 Å². The second-order valence-corrected chi connectivity index (χ2v) is 7.70. The lowest BCUT2D eigenvalue weighted by molar-refractivity contribution is -0.116. The summed E-state index contributed by atoms with van der Waals surface area (Å²) >= 11 is 6.04. The van der Waals surface area contributed by atoms with Crippen LogP contribution in [0.1, 0.15) is 32.6 Å². The highest BCUT2D eigenvalue weighted by Crippen LogP contribution is 2.25. The molecule has 6 nitrogen and oxygen atoms in total. The van der Waals surface area contributed by atoms with E-state index >= 15 is 0 Å². The van der Waals surface area contributed by atoms with Gasteiger partial charge in [0.1, 0.15) is 4.90 Å². The zero-order chi connectivity index (χ0) is 16.9. The van der Waals surface area contributed by atoms with Crippen molar-refractivity contribution < 1.29 is 13.2 Å². The summed E-state index contributed by atoms with van der Waals surface area (Å²) in [7, 11) is -3.72. The monoisotopic (exact) mass is 359 g/mol. The van der Waals surface area contributed by atoms with Gasteiger partial charge in [-0.2, -0.15) is 0 Å². The number of carbonyl (C=O) groups excluding carboxylic acids is 1. The van der Waals surface area contributed by atoms with Crippen LogP contribution in [0.2, 0.25) is 5.02 Å². The van der Waals surface area contributed by atoms with E-state index in [2.05, 4.69) is 15.4 Å². The maximum absolute atomic E-state index is 12.5. The summed E-state index contributed by atoms with van der Waals surface area (Å²) in [6.45, 7) is 3.39. The summed E-state index contributed by atoms with van der Waals surface area (Å²) in [5.74, 6) is -0.134. The van der Waals surface area contributed by atoms with E-state index in [-0.39, 0.29) is 21.9 Å². The number of hydrogen-bond acceptors (Lipinski definition) is 4. The molecule has 1 saturated heterocycles. The third kappa shape index (κ3) is 5.17. The molecule has 8 heteroatoms. The van der Waals surface area contributed by atoms with Crippen molar-refractivity contribution in [3.8, 4) is 0 Å². The first-order chi connectivity index (χ1) is 10.9. The highest BCUT2D eigenvalue weighted by Gasteiger charge is 2.25. The topological polar surface area (TPSA) is 87.3 Å². The van der Waals surface area contributed by atoms with E-state index in [9.17, 15) is 13.2 Å². The summed E-state index contributed by atoms with van der Waals surface area (Å²) in [6, 6.07) is 4.34. The van der Waals surface area contributed by atoms with Gasteiger partial charge in [0.25, 0.3) is 0 Å². The van der Waals surface area contributed by atoms with Crippen LogP contribution in [0.3, 0.4) is 0 Å². The van der Waals surface area contributed by atoms with Crippen LogP contribution < -0.4 is 15.4 Å². The van der Waals surface area contributed by atoms with Gasteiger partial charge in [-0.1, -0.05) is 24.9 Å².